The molecule has 1 aliphatic rings. The highest BCUT2D eigenvalue weighted by Gasteiger charge is 2.21. The van der Waals surface area contributed by atoms with Crippen LogP contribution in [0.25, 0.3) is 16.7 Å². The molecule has 4 aromatic rings. The molecule has 144 valence electrons. The summed E-state index contributed by atoms with van der Waals surface area (Å²) in [5.74, 6) is 0.930. The molecule has 1 fully saturated rings. The first-order chi connectivity index (χ1) is 14.3. The van der Waals surface area contributed by atoms with Crippen LogP contribution < -0.4 is 10.2 Å². The molecule has 1 amide bonds. The van der Waals surface area contributed by atoms with Gasteiger partial charge in [0.25, 0.3) is 5.91 Å². The maximum atomic E-state index is 13.0. The van der Waals surface area contributed by atoms with Gasteiger partial charge in [-0.1, -0.05) is 18.2 Å². The Labute approximate surface area is 166 Å². The summed E-state index contributed by atoms with van der Waals surface area (Å²) in [5.41, 5.74) is 2.74. The van der Waals surface area contributed by atoms with Gasteiger partial charge in [0.05, 0.1) is 16.7 Å². The number of nitrogens with zero attached hydrogens (tertiary/aromatic N) is 7. The van der Waals surface area contributed by atoms with E-state index in [4.69, 9.17) is 4.98 Å². The fourth-order valence-electron chi connectivity index (χ4n) is 3.47. The van der Waals surface area contributed by atoms with E-state index in [0.717, 1.165) is 37.0 Å². The molecule has 0 bridgehead atoms. The van der Waals surface area contributed by atoms with E-state index in [0.29, 0.717) is 22.9 Å². The molecule has 0 atom stereocenters. The fraction of sp³-hybridized carbons (Fsp3) is 0.200. The number of para-hydroxylation sites is 2. The van der Waals surface area contributed by atoms with Crippen LogP contribution in [-0.2, 0) is 0 Å². The average molecular weight is 386 g/mol. The van der Waals surface area contributed by atoms with Crippen LogP contribution in [0.15, 0.2) is 54.9 Å². The predicted octanol–water partition coefficient (Wildman–Crippen LogP) is 2.46. The highest BCUT2D eigenvalue weighted by molar-refractivity contribution is 6.05. The lowest BCUT2D eigenvalue weighted by molar-refractivity contribution is 0.102. The lowest BCUT2D eigenvalue weighted by Crippen LogP contribution is -2.23. The third-order valence-electron chi connectivity index (χ3n) is 4.91. The zero-order valence-corrected chi connectivity index (χ0v) is 15.6. The first-order valence-corrected chi connectivity index (χ1v) is 9.44. The van der Waals surface area contributed by atoms with Crippen molar-refractivity contribution >= 4 is 28.6 Å². The fourth-order valence-corrected chi connectivity index (χ4v) is 3.47. The lowest BCUT2D eigenvalue weighted by Gasteiger charge is -2.20. The van der Waals surface area contributed by atoms with Crippen LogP contribution in [0.5, 0.6) is 0 Å². The van der Waals surface area contributed by atoms with E-state index in [1.54, 1.807) is 18.2 Å². The van der Waals surface area contributed by atoms with Crippen molar-refractivity contribution in [3.8, 4) is 5.69 Å². The number of fused-ring (bicyclic) bond motifs is 1. The molecule has 3 heterocycles. The van der Waals surface area contributed by atoms with Gasteiger partial charge in [-0.25, -0.2) is 14.6 Å². The third kappa shape index (κ3) is 3.38. The Morgan fingerprint density at radius 1 is 0.966 bits per heavy atom. The minimum Gasteiger partial charge on any atom is -0.354 e. The molecule has 1 saturated heterocycles. The van der Waals surface area contributed by atoms with Crippen LogP contribution in [0.2, 0.25) is 0 Å². The van der Waals surface area contributed by atoms with Gasteiger partial charge in [0.1, 0.15) is 6.33 Å². The second kappa shape index (κ2) is 7.27. The second-order valence-corrected chi connectivity index (χ2v) is 6.84. The van der Waals surface area contributed by atoms with Crippen LogP contribution in [0.3, 0.4) is 0 Å². The maximum Gasteiger partial charge on any atom is 0.256 e. The van der Waals surface area contributed by atoms with Gasteiger partial charge in [-0.3, -0.25) is 4.79 Å². The van der Waals surface area contributed by atoms with Crippen molar-refractivity contribution in [2.45, 2.75) is 12.8 Å². The number of rotatable bonds is 4. The Balaban J connectivity index is 1.50. The van der Waals surface area contributed by atoms with Gasteiger partial charge < -0.3 is 10.2 Å². The summed E-state index contributed by atoms with van der Waals surface area (Å²) in [4.78, 5) is 24.6. The van der Waals surface area contributed by atoms with Gasteiger partial charge in [0.15, 0.2) is 11.6 Å². The molecule has 0 spiro atoms. The van der Waals surface area contributed by atoms with Gasteiger partial charge in [0.2, 0.25) is 0 Å². The molecular formula is C20H18N8O. The van der Waals surface area contributed by atoms with Crippen molar-refractivity contribution in [2.75, 3.05) is 23.3 Å². The van der Waals surface area contributed by atoms with Crippen molar-refractivity contribution in [3.63, 3.8) is 0 Å². The number of hydrogen-bond donors (Lipinski definition) is 1. The molecule has 0 aliphatic carbocycles. The summed E-state index contributed by atoms with van der Waals surface area (Å²) in [6, 6.07) is 14.8. The van der Waals surface area contributed by atoms with Crippen LogP contribution >= 0.6 is 0 Å². The van der Waals surface area contributed by atoms with Gasteiger partial charge >= 0.3 is 0 Å². The summed E-state index contributed by atoms with van der Waals surface area (Å²) >= 11 is 0. The van der Waals surface area contributed by atoms with Crippen molar-refractivity contribution in [3.05, 3.63) is 60.4 Å². The molecule has 1 N–H and O–H groups in total. The number of benzene rings is 2. The molecule has 0 unspecified atom stereocenters. The van der Waals surface area contributed by atoms with Crippen LogP contribution in [0.4, 0.5) is 11.6 Å². The molecular weight excluding hydrogens is 368 g/mol. The van der Waals surface area contributed by atoms with E-state index >= 15 is 0 Å². The van der Waals surface area contributed by atoms with Gasteiger partial charge in [-0.2, -0.15) is 0 Å². The minimum absolute atomic E-state index is 0.259. The standard InChI is InChI=1S/C20H18N8O/c29-20(14-6-5-7-15(12-14)28-13-21-25-26-28)24-18-19(27-10-3-4-11-27)23-17-9-2-1-8-16(17)22-18/h1-2,5-9,12-13H,3-4,10-11H2,(H,22,24,29). The minimum atomic E-state index is -0.259. The Kier molecular flexibility index (Phi) is 4.32. The summed E-state index contributed by atoms with van der Waals surface area (Å²) < 4.78 is 1.50. The van der Waals surface area contributed by atoms with Crippen LogP contribution in [0, 0.1) is 0 Å². The summed E-state index contributed by atoms with van der Waals surface area (Å²) in [5, 5.41) is 14.1. The maximum absolute atomic E-state index is 13.0. The number of aromatic nitrogens is 6. The second-order valence-electron chi connectivity index (χ2n) is 6.84. The monoisotopic (exact) mass is 386 g/mol. The summed E-state index contributed by atoms with van der Waals surface area (Å²) in [7, 11) is 0. The molecule has 2 aromatic carbocycles. The van der Waals surface area contributed by atoms with Crippen molar-refractivity contribution in [1.29, 1.82) is 0 Å². The van der Waals surface area contributed by atoms with E-state index in [-0.39, 0.29) is 5.91 Å². The van der Waals surface area contributed by atoms with E-state index in [1.807, 2.05) is 30.3 Å². The first-order valence-electron chi connectivity index (χ1n) is 9.44. The third-order valence-corrected chi connectivity index (χ3v) is 4.91. The molecule has 1 aliphatic heterocycles. The van der Waals surface area contributed by atoms with Gasteiger partial charge in [-0.15, -0.1) is 5.10 Å². The van der Waals surface area contributed by atoms with Crippen molar-refractivity contribution in [1.82, 2.24) is 30.2 Å². The van der Waals surface area contributed by atoms with Crippen molar-refractivity contribution in [2.24, 2.45) is 0 Å². The highest BCUT2D eigenvalue weighted by Crippen LogP contribution is 2.28. The number of tetrazole rings is 1. The molecule has 0 saturated carbocycles. The van der Waals surface area contributed by atoms with E-state index < -0.39 is 0 Å². The number of hydrogen-bond acceptors (Lipinski definition) is 7. The molecule has 9 nitrogen and oxygen atoms in total. The quantitative estimate of drug-likeness (QED) is 0.575. The largest absolute Gasteiger partial charge is 0.354 e. The SMILES string of the molecule is O=C(Nc1nc2ccccc2nc1N1CCCC1)c1cccc(-n2cnnn2)c1. The van der Waals surface area contributed by atoms with Gasteiger partial charge in [-0.05, 0) is 53.6 Å². The van der Waals surface area contributed by atoms with E-state index in [1.165, 1.54) is 11.0 Å². The normalized spacial score (nSPS) is 13.7. The number of amides is 1. The lowest BCUT2D eigenvalue weighted by atomic mass is 10.2. The Morgan fingerprint density at radius 2 is 1.76 bits per heavy atom. The topological polar surface area (TPSA) is 102 Å². The van der Waals surface area contributed by atoms with Gasteiger partial charge in [0, 0.05) is 18.7 Å². The van der Waals surface area contributed by atoms with E-state index in [2.05, 4.69) is 30.7 Å². The van der Waals surface area contributed by atoms with Crippen LogP contribution in [0.1, 0.15) is 23.2 Å². The summed E-state index contributed by atoms with van der Waals surface area (Å²) in [6.45, 7) is 1.81. The smallest absolute Gasteiger partial charge is 0.256 e. The van der Waals surface area contributed by atoms with Crippen LogP contribution in [-0.4, -0.2) is 49.2 Å². The zero-order valence-electron chi connectivity index (χ0n) is 15.6. The average Bonchev–Trinajstić information content (AvgIpc) is 3.48. The Morgan fingerprint density at radius 3 is 2.52 bits per heavy atom. The molecule has 5 rings (SSSR count). The van der Waals surface area contributed by atoms with E-state index in [9.17, 15) is 4.79 Å². The molecule has 9 heteroatoms. The Bertz CT molecular complexity index is 1170. The Hall–Kier alpha value is -3.88. The number of carbonyl (C=O) groups excluding carboxylic acids is 1. The molecule has 0 radical (unpaired) electrons. The number of carbonyl (C=O) groups is 1. The molecule has 2 aromatic heterocycles. The zero-order chi connectivity index (χ0) is 19.6. The molecule has 29 heavy (non-hydrogen) atoms. The summed E-state index contributed by atoms with van der Waals surface area (Å²) in [6.07, 6.45) is 3.70. The predicted molar refractivity (Wildman–Crippen MR) is 108 cm³/mol. The van der Waals surface area contributed by atoms with Crippen molar-refractivity contribution < 1.29 is 4.79 Å². The number of nitrogens with one attached hydrogen (secondary N) is 1. The highest BCUT2D eigenvalue weighted by atomic mass is 16.1. The first kappa shape index (κ1) is 17.2. The number of anilines is 2.